The first kappa shape index (κ1) is 14.5. The molecule has 1 rings (SSSR count). The van der Waals surface area contributed by atoms with Gasteiger partial charge in [0.1, 0.15) is 5.82 Å². The van der Waals surface area contributed by atoms with Crippen molar-refractivity contribution in [3.8, 4) is 0 Å². The van der Waals surface area contributed by atoms with E-state index in [1.807, 2.05) is 13.8 Å². The summed E-state index contributed by atoms with van der Waals surface area (Å²) in [6.45, 7) is 4.43. The Morgan fingerprint density at radius 3 is 2.71 bits per heavy atom. The summed E-state index contributed by atoms with van der Waals surface area (Å²) in [5, 5.41) is 3.54. The molecule has 0 spiro atoms. The second-order valence-corrected chi connectivity index (χ2v) is 5.55. The van der Waals surface area contributed by atoms with E-state index < -0.39 is 11.7 Å². The maximum atomic E-state index is 13.4. The fraction of sp³-hybridized carbons (Fsp3) is 0.417. The van der Waals surface area contributed by atoms with E-state index in [2.05, 4.69) is 21.2 Å². The van der Waals surface area contributed by atoms with E-state index in [1.54, 1.807) is 0 Å². The quantitative estimate of drug-likeness (QED) is 0.843. The molecular formula is C12H14BrClFNO. The first-order valence-corrected chi connectivity index (χ1v) is 6.65. The van der Waals surface area contributed by atoms with Crippen LogP contribution in [0, 0.1) is 11.2 Å². The van der Waals surface area contributed by atoms with Gasteiger partial charge >= 0.3 is 0 Å². The molecule has 0 atom stereocenters. The third-order valence-electron chi connectivity index (χ3n) is 2.28. The Kier molecular flexibility index (Phi) is 4.95. The van der Waals surface area contributed by atoms with Crippen LogP contribution in [0.15, 0.2) is 18.2 Å². The van der Waals surface area contributed by atoms with Gasteiger partial charge < -0.3 is 5.32 Å². The van der Waals surface area contributed by atoms with Crippen LogP contribution in [-0.2, 0) is 0 Å². The van der Waals surface area contributed by atoms with Crippen molar-refractivity contribution in [3.63, 3.8) is 0 Å². The lowest BCUT2D eigenvalue weighted by Gasteiger charge is -2.22. The summed E-state index contributed by atoms with van der Waals surface area (Å²) >= 11 is 9.15. The van der Waals surface area contributed by atoms with E-state index in [1.165, 1.54) is 18.2 Å². The Balaban J connectivity index is 2.78. The molecule has 1 aromatic carbocycles. The molecule has 0 aliphatic carbocycles. The van der Waals surface area contributed by atoms with Crippen molar-refractivity contribution in [1.82, 2.24) is 5.32 Å². The molecule has 94 valence electrons. The first-order valence-electron chi connectivity index (χ1n) is 5.15. The Morgan fingerprint density at radius 1 is 1.53 bits per heavy atom. The number of halogens is 3. The molecule has 0 heterocycles. The minimum absolute atomic E-state index is 0.0899. The average Bonchev–Trinajstić information content (AvgIpc) is 2.26. The molecule has 0 unspecified atom stereocenters. The van der Waals surface area contributed by atoms with E-state index in [4.69, 9.17) is 11.6 Å². The molecule has 0 aliphatic heterocycles. The Hall–Kier alpha value is -0.610. The third kappa shape index (κ3) is 3.96. The van der Waals surface area contributed by atoms with Gasteiger partial charge in [0.05, 0.1) is 10.6 Å². The summed E-state index contributed by atoms with van der Waals surface area (Å²) in [5.74, 6) is -1.09. The highest BCUT2D eigenvalue weighted by molar-refractivity contribution is 9.09. The highest BCUT2D eigenvalue weighted by atomic mass is 79.9. The summed E-state index contributed by atoms with van der Waals surface area (Å²) < 4.78 is 13.4. The molecule has 0 bridgehead atoms. The number of hydrogen-bond acceptors (Lipinski definition) is 1. The van der Waals surface area contributed by atoms with Crippen molar-refractivity contribution < 1.29 is 9.18 Å². The third-order valence-corrected chi connectivity index (χ3v) is 4.11. The van der Waals surface area contributed by atoms with Gasteiger partial charge in [-0.25, -0.2) is 4.39 Å². The van der Waals surface area contributed by atoms with Crippen LogP contribution >= 0.6 is 27.5 Å². The van der Waals surface area contributed by atoms with Crippen LogP contribution in [0.1, 0.15) is 24.2 Å². The minimum atomic E-state index is -0.605. The van der Waals surface area contributed by atoms with Gasteiger partial charge in [-0.05, 0) is 17.5 Å². The minimum Gasteiger partial charge on any atom is -0.351 e. The first-order chi connectivity index (χ1) is 7.87. The molecular weight excluding hydrogens is 308 g/mol. The van der Waals surface area contributed by atoms with Gasteiger partial charge in [0.2, 0.25) is 0 Å². The average molecular weight is 323 g/mol. The zero-order valence-corrected chi connectivity index (χ0v) is 12.0. The maximum absolute atomic E-state index is 13.4. The van der Waals surface area contributed by atoms with Crippen molar-refractivity contribution in [2.75, 3.05) is 11.9 Å². The molecule has 0 saturated heterocycles. The molecule has 17 heavy (non-hydrogen) atoms. The number of carbonyl (C=O) groups is 1. The van der Waals surface area contributed by atoms with Crippen LogP contribution in [-0.4, -0.2) is 17.8 Å². The van der Waals surface area contributed by atoms with Crippen molar-refractivity contribution in [1.29, 1.82) is 0 Å². The lowest BCUT2D eigenvalue weighted by molar-refractivity contribution is 0.0936. The van der Waals surface area contributed by atoms with Gasteiger partial charge in [-0.3, -0.25) is 4.79 Å². The molecule has 0 fully saturated rings. The van der Waals surface area contributed by atoms with Crippen LogP contribution in [0.3, 0.4) is 0 Å². The van der Waals surface area contributed by atoms with E-state index >= 15 is 0 Å². The molecule has 0 aliphatic rings. The van der Waals surface area contributed by atoms with Gasteiger partial charge in [-0.15, -0.1) is 0 Å². The summed E-state index contributed by atoms with van der Waals surface area (Å²) in [4.78, 5) is 11.8. The molecule has 5 heteroatoms. The van der Waals surface area contributed by atoms with Crippen LogP contribution in [0.5, 0.6) is 0 Å². The number of carbonyl (C=O) groups excluding carboxylic acids is 1. The highest BCUT2D eigenvalue weighted by Gasteiger charge is 2.20. The number of benzene rings is 1. The van der Waals surface area contributed by atoms with Gasteiger partial charge in [-0.1, -0.05) is 47.4 Å². The largest absolute Gasteiger partial charge is 0.351 e. The van der Waals surface area contributed by atoms with Gasteiger partial charge in [0.15, 0.2) is 0 Å². The monoisotopic (exact) mass is 321 g/mol. The lowest BCUT2D eigenvalue weighted by Crippen LogP contribution is -2.35. The van der Waals surface area contributed by atoms with Crippen LogP contribution in [0.4, 0.5) is 4.39 Å². The molecule has 1 N–H and O–H groups in total. The molecule has 1 aromatic rings. The normalized spacial score (nSPS) is 11.4. The fourth-order valence-corrected chi connectivity index (χ4v) is 1.62. The van der Waals surface area contributed by atoms with Crippen molar-refractivity contribution in [2.24, 2.45) is 5.41 Å². The second-order valence-electron chi connectivity index (χ2n) is 4.58. The number of nitrogens with one attached hydrogen (secondary N) is 1. The molecule has 0 saturated carbocycles. The van der Waals surface area contributed by atoms with Crippen LogP contribution in [0.25, 0.3) is 0 Å². The van der Waals surface area contributed by atoms with Gasteiger partial charge in [-0.2, -0.15) is 0 Å². The number of hydrogen-bond donors (Lipinski definition) is 1. The molecule has 0 radical (unpaired) electrons. The Morgan fingerprint density at radius 2 is 2.18 bits per heavy atom. The van der Waals surface area contributed by atoms with E-state index in [0.29, 0.717) is 6.54 Å². The van der Waals surface area contributed by atoms with Crippen molar-refractivity contribution in [3.05, 3.63) is 34.6 Å². The smallest absolute Gasteiger partial charge is 0.255 e. The zero-order valence-electron chi connectivity index (χ0n) is 9.69. The maximum Gasteiger partial charge on any atom is 0.255 e. The fourth-order valence-electron chi connectivity index (χ4n) is 1.17. The van der Waals surface area contributed by atoms with E-state index in [9.17, 15) is 9.18 Å². The molecule has 2 nitrogen and oxygen atoms in total. The van der Waals surface area contributed by atoms with E-state index in [0.717, 1.165) is 5.33 Å². The SMILES string of the molecule is CC(C)(CBr)CNC(=O)c1c(F)cccc1Cl. The predicted octanol–water partition coefficient (Wildman–Crippen LogP) is 3.63. The summed E-state index contributed by atoms with van der Waals surface area (Å²) in [5.41, 5.74) is -0.188. The standard InChI is InChI=1S/C12H14BrClFNO/c1-12(2,6-13)7-16-11(17)10-8(14)4-3-5-9(10)15/h3-5H,6-7H2,1-2H3,(H,16,17). The lowest BCUT2D eigenvalue weighted by atomic mass is 9.97. The number of alkyl halides is 1. The van der Waals surface area contributed by atoms with Crippen LogP contribution < -0.4 is 5.32 Å². The van der Waals surface area contributed by atoms with E-state index in [-0.39, 0.29) is 16.0 Å². The zero-order chi connectivity index (χ0) is 13.1. The van der Waals surface area contributed by atoms with Crippen molar-refractivity contribution in [2.45, 2.75) is 13.8 Å². The highest BCUT2D eigenvalue weighted by Crippen LogP contribution is 2.20. The number of amides is 1. The summed E-state index contributed by atoms with van der Waals surface area (Å²) in [7, 11) is 0. The molecule has 0 aromatic heterocycles. The topological polar surface area (TPSA) is 29.1 Å². The number of rotatable bonds is 4. The van der Waals surface area contributed by atoms with Crippen molar-refractivity contribution >= 4 is 33.4 Å². The van der Waals surface area contributed by atoms with Gasteiger partial charge in [0, 0.05) is 11.9 Å². The summed E-state index contributed by atoms with van der Waals surface area (Å²) in [6, 6.07) is 4.18. The summed E-state index contributed by atoms with van der Waals surface area (Å²) in [6.07, 6.45) is 0. The molecule has 1 amide bonds. The van der Waals surface area contributed by atoms with Crippen LogP contribution in [0.2, 0.25) is 5.02 Å². The van der Waals surface area contributed by atoms with Gasteiger partial charge in [0.25, 0.3) is 5.91 Å². The Labute approximate surface area is 114 Å². The second kappa shape index (κ2) is 5.83. The predicted molar refractivity (Wildman–Crippen MR) is 71.3 cm³/mol. The Bertz CT molecular complexity index is 403.